The van der Waals surface area contributed by atoms with Gasteiger partial charge in [0.15, 0.2) is 11.5 Å². The number of benzene rings is 1. The number of nitrogens with one attached hydrogen (secondary N) is 1. The van der Waals surface area contributed by atoms with Gasteiger partial charge in [0, 0.05) is 10.4 Å². The number of hydrogen-bond donors (Lipinski definition) is 2. The van der Waals surface area contributed by atoms with Gasteiger partial charge in [0.2, 0.25) is 0 Å². The molecular formula is C16H16ClNO5S. The molecule has 128 valence electrons. The molecule has 0 spiro atoms. The van der Waals surface area contributed by atoms with Gasteiger partial charge in [-0.3, -0.25) is 4.79 Å². The summed E-state index contributed by atoms with van der Waals surface area (Å²) in [5.74, 6) is -0.564. The number of methoxy groups -OCH3 is 1. The fraction of sp³-hybridized carbons (Fsp3) is 0.250. The Balaban J connectivity index is 2.11. The number of carbonyl (C=O) groups is 2. The lowest BCUT2D eigenvalue weighted by Crippen LogP contribution is -2.22. The van der Waals surface area contributed by atoms with E-state index in [2.05, 4.69) is 5.32 Å². The van der Waals surface area contributed by atoms with Crippen LogP contribution in [0, 0.1) is 0 Å². The number of thiophene rings is 1. The van der Waals surface area contributed by atoms with E-state index < -0.39 is 5.97 Å². The first kappa shape index (κ1) is 18.1. The predicted octanol–water partition coefficient (Wildman–Crippen LogP) is 3.44. The Morgan fingerprint density at radius 2 is 2.08 bits per heavy atom. The van der Waals surface area contributed by atoms with E-state index in [9.17, 15) is 9.59 Å². The molecule has 1 aromatic carbocycles. The Labute approximate surface area is 148 Å². The number of amides is 1. The number of aromatic carboxylic acids is 1. The first-order chi connectivity index (χ1) is 11.5. The van der Waals surface area contributed by atoms with Crippen LogP contribution in [-0.4, -0.2) is 30.7 Å². The monoisotopic (exact) mass is 369 g/mol. The summed E-state index contributed by atoms with van der Waals surface area (Å²) in [7, 11) is 1.47. The van der Waals surface area contributed by atoms with Gasteiger partial charge < -0.3 is 19.9 Å². The second-order valence-electron chi connectivity index (χ2n) is 4.68. The third-order valence-electron chi connectivity index (χ3n) is 3.08. The van der Waals surface area contributed by atoms with E-state index in [-0.39, 0.29) is 22.4 Å². The van der Waals surface area contributed by atoms with E-state index in [1.54, 1.807) is 12.1 Å². The molecule has 2 rings (SSSR count). The van der Waals surface area contributed by atoms with Crippen LogP contribution in [0.1, 0.15) is 31.8 Å². The molecule has 2 N–H and O–H groups in total. The van der Waals surface area contributed by atoms with Crippen LogP contribution in [0.2, 0.25) is 5.02 Å². The van der Waals surface area contributed by atoms with Crippen LogP contribution in [0.5, 0.6) is 11.5 Å². The van der Waals surface area contributed by atoms with E-state index in [1.807, 2.05) is 6.92 Å². The van der Waals surface area contributed by atoms with Crippen LogP contribution in [0.4, 0.5) is 0 Å². The molecule has 0 aliphatic heterocycles. The van der Waals surface area contributed by atoms with Crippen LogP contribution in [0.3, 0.4) is 0 Å². The summed E-state index contributed by atoms with van der Waals surface area (Å²) in [4.78, 5) is 24.1. The summed E-state index contributed by atoms with van der Waals surface area (Å²) in [6, 6.07) is 6.22. The second-order valence-corrected chi connectivity index (χ2v) is 6.25. The van der Waals surface area contributed by atoms with E-state index in [4.69, 9.17) is 26.2 Å². The smallest absolute Gasteiger partial charge is 0.345 e. The highest BCUT2D eigenvalue weighted by Gasteiger charge is 2.16. The number of rotatable bonds is 7. The predicted molar refractivity (Wildman–Crippen MR) is 91.6 cm³/mol. The molecule has 0 unspecified atom stereocenters. The standard InChI is InChI=1S/C16H16ClNO5S/c1-3-23-14-11(17)6-9(7-12(14)22-2)15(19)18-8-10-4-5-13(24-10)16(20)21/h4-7H,3,8H2,1-2H3,(H,18,19)(H,20,21). The van der Waals surface area contributed by atoms with Crippen molar-refractivity contribution in [3.05, 3.63) is 44.6 Å². The van der Waals surface area contributed by atoms with Crippen molar-refractivity contribution in [2.75, 3.05) is 13.7 Å². The van der Waals surface area contributed by atoms with Crippen molar-refractivity contribution in [3.63, 3.8) is 0 Å². The molecule has 6 nitrogen and oxygen atoms in total. The first-order valence-corrected chi connectivity index (χ1v) is 8.26. The minimum absolute atomic E-state index is 0.226. The van der Waals surface area contributed by atoms with Crippen molar-refractivity contribution in [2.24, 2.45) is 0 Å². The van der Waals surface area contributed by atoms with Crippen LogP contribution >= 0.6 is 22.9 Å². The zero-order valence-electron chi connectivity index (χ0n) is 13.1. The maximum absolute atomic E-state index is 12.3. The number of carboxylic acids is 1. The minimum atomic E-state index is -0.986. The number of ether oxygens (including phenoxy) is 2. The van der Waals surface area contributed by atoms with E-state index in [1.165, 1.54) is 19.2 Å². The number of halogens is 1. The molecule has 0 aliphatic carbocycles. The topological polar surface area (TPSA) is 84.9 Å². The fourth-order valence-corrected chi connectivity index (χ4v) is 3.04. The zero-order valence-corrected chi connectivity index (χ0v) is 14.7. The average Bonchev–Trinajstić information content (AvgIpc) is 3.03. The molecule has 0 radical (unpaired) electrons. The minimum Gasteiger partial charge on any atom is -0.493 e. The normalized spacial score (nSPS) is 10.3. The molecule has 0 fully saturated rings. The average molecular weight is 370 g/mol. The summed E-state index contributed by atoms with van der Waals surface area (Å²) >= 11 is 7.26. The molecule has 1 heterocycles. The highest BCUT2D eigenvalue weighted by Crippen LogP contribution is 2.36. The molecule has 0 saturated heterocycles. The molecule has 8 heteroatoms. The van der Waals surface area contributed by atoms with Gasteiger partial charge in [0.1, 0.15) is 4.88 Å². The number of carboxylic acid groups (broad SMARTS) is 1. The quantitative estimate of drug-likeness (QED) is 0.781. The number of hydrogen-bond acceptors (Lipinski definition) is 5. The highest BCUT2D eigenvalue weighted by molar-refractivity contribution is 7.13. The molecule has 0 aliphatic rings. The van der Waals surface area contributed by atoms with Crippen LogP contribution < -0.4 is 14.8 Å². The fourth-order valence-electron chi connectivity index (χ4n) is 1.99. The molecule has 0 saturated carbocycles. The van der Waals surface area contributed by atoms with Crippen LogP contribution in [0.15, 0.2) is 24.3 Å². The number of carbonyl (C=O) groups excluding carboxylic acids is 1. The maximum atomic E-state index is 12.3. The van der Waals surface area contributed by atoms with Gasteiger partial charge in [0.05, 0.1) is 25.3 Å². The Hall–Kier alpha value is -2.25. The lowest BCUT2D eigenvalue weighted by atomic mass is 10.2. The summed E-state index contributed by atoms with van der Waals surface area (Å²) in [5.41, 5.74) is 0.329. The van der Waals surface area contributed by atoms with E-state index in [0.29, 0.717) is 23.7 Å². The van der Waals surface area contributed by atoms with E-state index >= 15 is 0 Å². The largest absolute Gasteiger partial charge is 0.493 e. The second kappa shape index (κ2) is 8.03. The first-order valence-electron chi connectivity index (χ1n) is 7.06. The lowest BCUT2D eigenvalue weighted by Gasteiger charge is -2.13. The van der Waals surface area contributed by atoms with Crippen molar-refractivity contribution in [1.29, 1.82) is 0 Å². The molecular weight excluding hydrogens is 354 g/mol. The van der Waals surface area contributed by atoms with Gasteiger partial charge in [-0.2, -0.15) is 0 Å². The van der Waals surface area contributed by atoms with Gasteiger partial charge in [-0.1, -0.05) is 11.6 Å². The summed E-state index contributed by atoms with van der Waals surface area (Å²) < 4.78 is 10.6. The van der Waals surface area contributed by atoms with Crippen molar-refractivity contribution in [3.8, 4) is 11.5 Å². The van der Waals surface area contributed by atoms with Crippen LogP contribution in [0.25, 0.3) is 0 Å². The van der Waals surface area contributed by atoms with Crippen molar-refractivity contribution in [2.45, 2.75) is 13.5 Å². The summed E-state index contributed by atoms with van der Waals surface area (Å²) in [5, 5.41) is 11.9. The Morgan fingerprint density at radius 3 is 2.67 bits per heavy atom. The maximum Gasteiger partial charge on any atom is 0.345 e. The SMILES string of the molecule is CCOc1c(Cl)cc(C(=O)NCc2ccc(C(=O)O)s2)cc1OC. The van der Waals surface area contributed by atoms with Crippen molar-refractivity contribution >= 4 is 34.8 Å². The molecule has 2 aromatic rings. The zero-order chi connectivity index (χ0) is 17.7. The molecule has 0 bridgehead atoms. The Bertz CT molecular complexity index is 759. The summed E-state index contributed by atoms with van der Waals surface area (Å²) in [6.07, 6.45) is 0. The lowest BCUT2D eigenvalue weighted by molar-refractivity contribution is 0.0702. The van der Waals surface area contributed by atoms with Crippen LogP contribution in [-0.2, 0) is 6.54 Å². The van der Waals surface area contributed by atoms with Crippen molar-refractivity contribution in [1.82, 2.24) is 5.32 Å². The third kappa shape index (κ3) is 4.18. The Morgan fingerprint density at radius 1 is 1.33 bits per heavy atom. The van der Waals surface area contributed by atoms with E-state index in [0.717, 1.165) is 16.2 Å². The molecule has 1 aromatic heterocycles. The van der Waals surface area contributed by atoms with Gasteiger partial charge in [-0.25, -0.2) is 4.79 Å². The van der Waals surface area contributed by atoms with Gasteiger partial charge in [-0.05, 0) is 31.2 Å². The molecule has 1 amide bonds. The Kier molecular flexibility index (Phi) is 6.05. The molecule has 24 heavy (non-hydrogen) atoms. The third-order valence-corrected chi connectivity index (χ3v) is 4.43. The van der Waals surface area contributed by atoms with Gasteiger partial charge in [0.25, 0.3) is 5.91 Å². The van der Waals surface area contributed by atoms with Crippen molar-refractivity contribution < 1.29 is 24.2 Å². The molecule has 0 atom stereocenters. The van der Waals surface area contributed by atoms with Gasteiger partial charge >= 0.3 is 5.97 Å². The van der Waals surface area contributed by atoms with Gasteiger partial charge in [-0.15, -0.1) is 11.3 Å². The summed E-state index contributed by atoms with van der Waals surface area (Å²) in [6.45, 7) is 2.47. The highest BCUT2D eigenvalue weighted by atomic mass is 35.5.